The predicted octanol–water partition coefficient (Wildman–Crippen LogP) is 2.77. The molecule has 0 bridgehead atoms. The van der Waals surface area contributed by atoms with E-state index in [2.05, 4.69) is 4.98 Å². The molecule has 86 valence electrons. The number of nitrogens with one attached hydrogen (secondary N) is 1. The molecule has 1 atom stereocenters. The average molecular weight is 228 g/mol. The van der Waals surface area contributed by atoms with E-state index in [1.165, 1.54) is 12.1 Å². The van der Waals surface area contributed by atoms with Gasteiger partial charge in [-0.05, 0) is 29.1 Å². The summed E-state index contributed by atoms with van der Waals surface area (Å²) in [5.41, 5.74) is 6.21. The molecule has 1 unspecified atom stereocenters. The van der Waals surface area contributed by atoms with Crippen molar-refractivity contribution in [2.24, 2.45) is 5.73 Å². The molecule has 16 heavy (non-hydrogen) atoms. The van der Waals surface area contributed by atoms with Crippen molar-refractivity contribution in [3.05, 3.63) is 36.0 Å². The number of hydrogen-bond acceptors (Lipinski definition) is 1. The molecule has 1 aromatic heterocycles. The summed E-state index contributed by atoms with van der Waals surface area (Å²) >= 11 is 0. The lowest BCUT2D eigenvalue weighted by Gasteiger charge is -2.18. The minimum Gasteiger partial charge on any atom is -0.361 e. The third kappa shape index (κ3) is 1.90. The Kier molecular flexibility index (Phi) is 2.63. The van der Waals surface area contributed by atoms with Crippen LogP contribution in [0.4, 0.5) is 13.2 Å². The van der Waals surface area contributed by atoms with Gasteiger partial charge in [-0.3, -0.25) is 0 Å². The van der Waals surface area contributed by atoms with Crippen LogP contribution in [0, 0.1) is 0 Å². The summed E-state index contributed by atoms with van der Waals surface area (Å²) in [5, 5.41) is 0.764. The summed E-state index contributed by atoms with van der Waals surface area (Å²) in [6.07, 6.45) is -2.60. The van der Waals surface area contributed by atoms with Gasteiger partial charge in [-0.25, -0.2) is 0 Å². The summed E-state index contributed by atoms with van der Waals surface area (Å²) in [6, 6.07) is 6.36. The maximum atomic E-state index is 12.6. The fourth-order valence-corrected chi connectivity index (χ4v) is 1.75. The van der Waals surface area contributed by atoms with E-state index < -0.39 is 18.6 Å². The topological polar surface area (TPSA) is 41.8 Å². The van der Waals surface area contributed by atoms with Crippen LogP contribution in [0.25, 0.3) is 10.9 Å². The molecule has 0 aliphatic carbocycles. The van der Waals surface area contributed by atoms with Gasteiger partial charge in [-0.2, -0.15) is 13.2 Å². The van der Waals surface area contributed by atoms with E-state index in [9.17, 15) is 13.2 Å². The Morgan fingerprint density at radius 1 is 1.25 bits per heavy atom. The Hall–Kier alpha value is -1.49. The largest absolute Gasteiger partial charge is 0.396 e. The minimum atomic E-state index is -4.29. The number of hydrogen-bond donors (Lipinski definition) is 2. The molecule has 0 spiro atoms. The number of halogens is 3. The van der Waals surface area contributed by atoms with Crippen LogP contribution in [-0.2, 0) is 0 Å². The van der Waals surface area contributed by atoms with Crippen LogP contribution in [0.1, 0.15) is 11.5 Å². The highest BCUT2D eigenvalue weighted by molar-refractivity contribution is 5.80. The van der Waals surface area contributed by atoms with Crippen LogP contribution in [0.2, 0.25) is 0 Å². The quantitative estimate of drug-likeness (QED) is 0.815. The highest BCUT2D eigenvalue weighted by Gasteiger charge is 2.39. The van der Waals surface area contributed by atoms with Crippen molar-refractivity contribution in [2.75, 3.05) is 6.54 Å². The molecule has 5 heteroatoms. The van der Waals surface area contributed by atoms with Crippen molar-refractivity contribution in [1.29, 1.82) is 0 Å². The molecule has 0 aliphatic rings. The molecule has 2 aromatic rings. The van der Waals surface area contributed by atoms with Crippen LogP contribution in [0.3, 0.4) is 0 Å². The lowest BCUT2D eigenvalue weighted by molar-refractivity contribution is -0.148. The lowest BCUT2D eigenvalue weighted by atomic mass is 9.97. The molecule has 0 aliphatic heterocycles. The molecular formula is C11H11F3N2. The van der Waals surface area contributed by atoms with Gasteiger partial charge in [0.2, 0.25) is 0 Å². The molecule has 0 fully saturated rings. The Labute approximate surface area is 90.3 Å². The number of aromatic amines is 1. The second-order valence-corrected chi connectivity index (χ2v) is 3.65. The summed E-state index contributed by atoms with van der Waals surface area (Å²) in [7, 11) is 0. The van der Waals surface area contributed by atoms with Crippen LogP contribution in [0.5, 0.6) is 0 Å². The number of rotatable bonds is 2. The van der Waals surface area contributed by atoms with Gasteiger partial charge in [0.15, 0.2) is 0 Å². The van der Waals surface area contributed by atoms with E-state index in [4.69, 9.17) is 5.73 Å². The average Bonchev–Trinajstić information content (AvgIpc) is 2.63. The molecule has 0 amide bonds. The number of aromatic nitrogens is 1. The van der Waals surface area contributed by atoms with Crippen molar-refractivity contribution < 1.29 is 13.2 Å². The predicted molar refractivity (Wildman–Crippen MR) is 56.1 cm³/mol. The standard InChI is InChI=1S/C11H11F3N2/c12-11(13,14)9(6-15)7-1-2-10-8(5-7)3-4-16-10/h1-5,9,16H,6,15H2. The maximum absolute atomic E-state index is 12.6. The Morgan fingerprint density at radius 2 is 2.00 bits per heavy atom. The van der Waals surface area contributed by atoms with Gasteiger partial charge in [0.1, 0.15) is 0 Å². The van der Waals surface area contributed by atoms with Crippen LogP contribution >= 0.6 is 0 Å². The molecule has 2 nitrogen and oxygen atoms in total. The Morgan fingerprint density at radius 3 is 2.62 bits per heavy atom. The first-order valence-corrected chi connectivity index (χ1v) is 4.86. The summed E-state index contributed by atoms with van der Waals surface area (Å²) in [4.78, 5) is 2.93. The Bertz CT molecular complexity index is 487. The molecular weight excluding hydrogens is 217 g/mol. The van der Waals surface area contributed by atoms with Gasteiger partial charge in [0.05, 0.1) is 5.92 Å². The highest BCUT2D eigenvalue weighted by atomic mass is 19.4. The van der Waals surface area contributed by atoms with E-state index in [-0.39, 0.29) is 5.56 Å². The van der Waals surface area contributed by atoms with E-state index in [1.54, 1.807) is 18.3 Å². The van der Waals surface area contributed by atoms with E-state index in [1.807, 2.05) is 0 Å². The highest BCUT2D eigenvalue weighted by Crippen LogP contribution is 2.34. The van der Waals surface area contributed by atoms with Crippen LogP contribution in [0.15, 0.2) is 30.5 Å². The lowest BCUT2D eigenvalue weighted by Crippen LogP contribution is -2.27. The molecule has 3 N–H and O–H groups in total. The number of fused-ring (bicyclic) bond motifs is 1. The first-order chi connectivity index (χ1) is 7.52. The Balaban J connectivity index is 2.45. The zero-order valence-corrected chi connectivity index (χ0v) is 8.38. The van der Waals surface area contributed by atoms with Gasteiger partial charge < -0.3 is 10.7 Å². The SMILES string of the molecule is NCC(c1ccc2[nH]ccc2c1)C(F)(F)F. The number of benzene rings is 1. The smallest absolute Gasteiger partial charge is 0.361 e. The first-order valence-electron chi connectivity index (χ1n) is 4.86. The normalized spacial score (nSPS) is 14.2. The second kappa shape index (κ2) is 3.83. The fourth-order valence-electron chi connectivity index (χ4n) is 1.75. The zero-order chi connectivity index (χ0) is 11.8. The maximum Gasteiger partial charge on any atom is 0.396 e. The zero-order valence-electron chi connectivity index (χ0n) is 8.38. The monoisotopic (exact) mass is 228 g/mol. The summed E-state index contributed by atoms with van der Waals surface area (Å²) in [5.74, 6) is -1.59. The van der Waals surface area contributed by atoms with E-state index >= 15 is 0 Å². The van der Waals surface area contributed by atoms with Crippen LogP contribution < -0.4 is 5.73 Å². The van der Waals surface area contributed by atoms with Crippen molar-refractivity contribution in [1.82, 2.24) is 4.98 Å². The fraction of sp³-hybridized carbons (Fsp3) is 0.273. The number of nitrogens with two attached hydrogens (primary N) is 1. The van der Waals surface area contributed by atoms with Gasteiger partial charge in [-0.1, -0.05) is 6.07 Å². The molecule has 1 heterocycles. The van der Waals surface area contributed by atoms with E-state index in [0.717, 1.165) is 10.9 Å². The number of H-pyrrole nitrogens is 1. The van der Waals surface area contributed by atoms with Gasteiger partial charge >= 0.3 is 6.18 Å². The molecule has 0 saturated carbocycles. The molecule has 1 aromatic carbocycles. The van der Waals surface area contributed by atoms with Crippen molar-refractivity contribution in [2.45, 2.75) is 12.1 Å². The van der Waals surface area contributed by atoms with Crippen molar-refractivity contribution in [3.8, 4) is 0 Å². The van der Waals surface area contributed by atoms with Crippen molar-refractivity contribution in [3.63, 3.8) is 0 Å². The second-order valence-electron chi connectivity index (χ2n) is 3.65. The minimum absolute atomic E-state index is 0.210. The summed E-state index contributed by atoms with van der Waals surface area (Å²) < 4.78 is 37.9. The third-order valence-electron chi connectivity index (χ3n) is 2.61. The molecule has 2 rings (SSSR count). The van der Waals surface area contributed by atoms with Crippen molar-refractivity contribution >= 4 is 10.9 Å². The number of alkyl halides is 3. The van der Waals surface area contributed by atoms with E-state index in [0.29, 0.717) is 0 Å². The third-order valence-corrected chi connectivity index (χ3v) is 2.61. The van der Waals surface area contributed by atoms with Gasteiger partial charge in [-0.15, -0.1) is 0 Å². The van der Waals surface area contributed by atoms with Gasteiger partial charge in [0, 0.05) is 18.3 Å². The molecule has 0 radical (unpaired) electrons. The molecule has 0 saturated heterocycles. The first kappa shape index (κ1) is 11.0. The van der Waals surface area contributed by atoms with Crippen LogP contribution in [-0.4, -0.2) is 17.7 Å². The summed E-state index contributed by atoms with van der Waals surface area (Å²) in [6.45, 7) is -0.431. The van der Waals surface area contributed by atoms with Gasteiger partial charge in [0.25, 0.3) is 0 Å².